The van der Waals surface area contributed by atoms with Gasteiger partial charge in [0, 0.05) is 11.8 Å². The summed E-state index contributed by atoms with van der Waals surface area (Å²) in [5.74, 6) is 2.32. The first-order valence-electron chi connectivity index (χ1n) is 6.34. The highest BCUT2D eigenvalue weighted by Gasteiger charge is 2.14. The van der Waals surface area contributed by atoms with E-state index in [1.807, 2.05) is 18.8 Å². The summed E-state index contributed by atoms with van der Waals surface area (Å²) in [5.41, 5.74) is 3.03. The number of thioether (sulfide) groups is 1. The first-order valence-corrected chi connectivity index (χ1v) is 7.50. The Morgan fingerprint density at radius 2 is 1.76 bits per heavy atom. The SMILES string of the molecule is CCSCC(NC)c1ccc(C(C)(C)C)cc1. The van der Waals surface area contributed by atoms with Crippen LogP contribution in [0.3, 0.4) is 0 Å². The molecule has 0 bridgehead atoms. The maximum Gasteiger partial charge on any atom is 0.0409 e. The van der Waals surface area contributed by atoms with Crippen LogP contribution >= 0.6 is 11.8 Å². The van der Waals surface area contributed by atoms with Crippen LogP contribution in [0, 0.1) is 0 Å². The van der Waals surface area contributed by atoms with Gasteiger partial charge in [-0.15, -0.1) is 0 Å². The fourth-order valence-corrected chi connectivity index (χ4v) is 2.63. The smallest absolute Gasteiger partial charge is 0.0409 e. The van der Waals surface area contributed by atoms with Crippen molar-refractivity contribution >= 4 is 11.8 Å². The van der Waals surface area contributed by atoms with Gasteiger partial charge >= 0.3 is 0 Å². The van der Waals surface area contributed by atoms with Crippen LogP contribution in [0.4, 0.5) is 0 Å². The Kier molecular flexibility index (Phi) is 5.54. The molecule has 0 aromatic heterocycles. The van der Waals surface area contributed by atoms with Gasteiger partial charge in [-0.3, -0.25) is 0 Å². The Bertz CT molecular complexity index is 324. The minimum atomic E-state index is 0.242. The Morgan fingerprint density at radius 3 is 2.18 bits per heavy atom. The van der Waals surface area contributed by atoms with E-state index in [1.165, 1.54) is 16.9 Å². The highest BCUT2D eigenvalue weighted by Crippen LogP contribution is 2.25. The van der Waals surface area contributed by atoms with E-state index in [1.54, 1.807) is 0 Å². The average Bonchev–Trinajstić information content (AvgIpc) is 2.29. The second kappa shape index (κ2) is 6.46. The highest BCUT2D eigenvalue weighted by atomic mass is 32.2. The van der Waals surface area contributed by atoms with Crippen molar-refractivity contribution in [1.82, 2.24) is 5.32 Å². The summed E-state index contributed by atoms with van der Waals surface area (Å²) >= 11 is 1.98. The molecule has 0 amide bonds. The summed E-state index contributed by atoms with van der Waals surface area (Å²) in [6, 6.07) is 9.51. The fraction of sp³-hybridized carbons (Fsp3) is 0.600. The largest absolute Gasteiger partial charge is 0.312 e. The van der Waals surface area contributed by atoms with E-state index >= 15 is 0 Å². The standard InChI is InChI=1S/C15H25NS/c1-6-17-11-14(16-5)12-7-9-13(10-8-12)15(2,3)4/h7-10,14,16H,6,11H2,1-5H3. The van der Waals surface area contributed by atoms with Crippen molar-refractivity contribution in [3.63, 3.8) is 0 Å². The lowest BCUT2D eigenvalue weighted by molar-refractivity contribution is 0.588. The molecule has 0 fully saturated rings. The Balaban J connectivity index is 2.78. The minimum Gasteiger partial charge on any atom is -0.312 e. The number of nitrogens with one attached hydrogen (secondary N) is 1. The van der Waals surface area contributed by atoms with Crippen LogP contribution in [0.1, 0.15) is 44.9 Å². The second-order valence-electron chi connectivity index (χ2n) is 5.37. The molecule has 1 aromatic carbocycles. The monoisotopic (exact) mass is 251 g/mol. The van der Waals surface area contributed by atoms with Crippen molar-refractivity contribution in [2.75, 3.05) is 18.6 Å². The summed E-state index contributed by atoms with van der Waals surface area (Å²) in [7, 11) is 2.04. The van der Waals surface area contributed by atoms with E-state index in [4.69, 9.17) is 0 Å². The molecule has 2 heteroatoms. The molecule has 96 valence electrons. The number of hydrogen-bond acceptors (Lipinski definition) is 2. The Hall–Kier alpha value is -0.470. The molecule has 17 heavy (non-hydrogen) atoms. The van der Waals surface area contributed by atoms with E-state index in [9.17, 15) is 0 Å². The van der Waals surface area contributed by atoms with E-state index in [0.717, 1.165) is 5.75 Å². The zero-order valence-electron chi connectivity index (χ0n) is 11.7. The fourth-order valence-electron chi connectivity index (χ4n) is 1.80. The topological polar surface area (TPSA) is 12.0 Å². The molecule has 0 saturated heterocycles. The van der Waals surface area contributed by atoms with Crippen molar-refractivity contribution in [1.29, 1.82) is 0 Å². The quantitative estimate of drug-likeness (QED) is 0.849. The maximum atomic E-state index is 3.39. The lowest BCUT2D eigenvalue weighted by Gasteiger charge is -2.21. The van der Waals surface area contributed by atoms with Gasteiger partial charge in [-0.1, -0.05) is 52.0 Å². The lowest BCUT2D eigenvalue weighted by Crippen LogP contribution is -2.19. The van der Waals surface area contributed by atoms with Crippen LogP contribution in [0.2, 0.25) is 0 Å². The zero-order valence-corrected chi connectivity index (χ0v) is 12.5. The molecule has 1 N–H and O–H groups in total. The van der Waals surface area contributed by atoms with Gasteiger partial charge < -0.3 is 5.32 Å². The number of hydrogen-bond donors (Lipinski definition) is 1. The van der Waals surface area contributed by atoms with Crippen LogP contribution in [0.15, 0.2) is 24.3 Å². The summed E-state index contributed by atoms with van der Waals surface area (Å²) < 4.78 is 0. The predicted molar refractivity (Wildman–Crippen MR) is 79.9 cm³/mol. The van der Waals surface area contributed by atoms with E-state index in [2.05, 4.69) is 57.3 Å². The Morgan fingerprint density at radius 1 is 1.18 bits per heavy atom. The molecular weight excluding hydrogens is 226 g/mol. The van der Waals surface area contributed by atoms with Crippen LogP contribution < -0.4 is 5.32 Å². The lowest BCUT2D eigenvalue weighted by atomic mass is 9.86. The van der Waals surface area contributed by atoms with E-state index in [-0.39, 0.29) is 5.41 Å². The van der Waals surface area contributed by atoms with Gasteiger partial charge in [-0.05, 0) is 29.3 Å². The second-order valence-corrected chi connectivity index (χ2v) is 6.69. The van der Waals surface area contributed by atoms with Crippen molar-refractivity contribution in [2.45, 2.75) is 39.2 Å². The zero-order chi connectivity index (χ0) is 12.9. The first kappa shape index (κ1) is 14.6. The van der Waals surface area contributed by atoms with Crippen LogP contribution in [0.5, 0.6) is 0 Å². The molecule has 0 heterocycles. The van der Waals surface area contributed by atoms with Crippen molar-refractivity contribution in [3.05, 3.63) is 35.4 Å². The number of benzene rings is 1. The van der Waals surface area contributed by atoms with Gasteiger partial charge in [-0.25, -0.2) is 0 Å². The molecule has 1 aromatic rings. The molecular formula is C15H25NS. The first-order chi connectivity index (χ1) is 7.99. The van der Waals surface area contributed by atoms with Gasteiger partial charge in [0.15, 0.2) is 0 Å². The highest BCUT2D eigenvalue weighted by molar-refractivity contribution is 7.99. The van der Waals surface area contributed by atoms with Crippen LogP contribution in [-0.4, -0.2) is 18.6 Å². The number of rotatable bonds is 5. The van der Waals surface area contributed by atoms with Gasteiger partial charge in [0.25, 0.3) is 0 Å². The van der Waals surface area contributed by atoms with Gasteiger partial charge in [-0.2, -0.15) is 11.8 Å². The van der Waals surface area contributed by atoms with E-state index < -0.39 is 0 Å². The average molecular weight is 251 g/mol. The molecule has 0 spiro atoms. The van der Waals surface area contributed by atoms with E-state index in [0.29, 0.717) is 6.04 Å². The molecule has 0 aliphatic heterocycles. The molecule has 0 radical (unpaired) electrons. The maximum absolute atomic E-state index is 3.39. The van der Waals surface area contributed by atoms with Crippen LogP contribution in [-0.2, 0) is 5.41 Å². The van der Waals surface area contributed by atoms with Crippen molar-refractivity contribution in [3.8, 4) is 0 Å². The van der Waals surface area contributed by atoms with Crippen LogP contribution in [0.25, 0.3) is 0 Å². The molecule has 1 nitrogen and oxygen atoms in total. The van der Waals surface area contributed by atoms with Gasteiger partial charge in [0.05, 0.1) is 0 Å². The van der Waals surface area contributed by atoms with Crippen molar-refractivity contribution in [2.24, 2.45) is 0 Å². The molecule has 1 atom stereocenters. The summed E-state index contributed by atoms with van der Waals surface area (Å²) in [6.07, 6.45) is 0. The molecule has 1 rings (SSSR count). The summed E-state index contributed by atoms with van der Waals surface area (Å²) in [4.78, 5) is 0. The molecule has 1 unspecified atom stereocenters. The predicted octanol–water partition coefficient (Wildman–Crippen LogP) is 4.00. The third kappa shape index (κ3) is 4.36. The minimum absolute atomic E-state index is 0.242. The molecule has 0 aliphatic rings. The molecule has 0 aliphatic carbocycles. The summed E-state index contributed by atoms with van der Waals surface area (Å²) in [6.45, 7) is 8.97. The summed E-state index contributed by atoms with van der Waals surface area (Å²) in [5, 5.41) is 3.39. The third-order valence-corrected chi connectivity index (χ3v) is 3.99. The van der Waals surface area contributed by atoms with Gasteiger partial charge in [0.1, 0.15) is 0 Å². The van der Waals surface area contributed by atoms with Gasteiger partial charge in [0.2, 0.25) is 0 Å². The molecule has 0 saturated carbocycles. The third-order valence-electron chi connectivity index (χ3n) is 3.02. The van der Waals surface area contributed by atoms with Crippen molar-refractivity contribution < 1.29 is 0 Å². The normalized spacial score (nSPS) is 13.7. The Labute approximate surface area is 110 Å².